The second-order valence-electron chi connectivity index (χ2n) is 7.41. The van der Waals surface area contributed by atoms with Gasteiger partial charge in [-0.2, -0.15) is 0 Å². The summed E-state index contributed by atoms with van der Waals surface area (Å²) in [6.07, 6.45) is 4.12. The standard InChI is InChI=1S/C19H16BF2N3O4S/c21-14-2-1-3-15(22)18(14)30(27,28)25-11-6-10(7-11)13-8-20(26)29-16-9-24-19-12(17(13)16)4-5-23-19/h1-5,8-11,25-26H,6-7H2,(H,23,24)/t10-,11+. The predicted octanol–water partition coefficient (Wildman–Crippen LogP) is 2.39. The van der Waals surface area contributed by atoms with Crippen molar-refractivity contribution < 1.29 is 26.9 Å². The van der Waals surface area contributed by atoms with Crippen LogP contribution in [0.15, 0.2) is 47.5 Å². The molecule has 0 bridgehead atoms. The highest BCUT2D eigenvalue weighted by molar-refractivity contribution is 7.89. The summed E-state index contributed by atoms with van der Waals surface area (Å²) in [6, 6.07) is 4.30. The van der Waals surface area contributed by atoms with Gasteiger partial charge < -0.3 is 14.7 Å². The number of fused-ring (bicyclic) bond motifs is 3. The maximum Gasteiger partial charge on any atom is 0.552 e. The zero-order chi connectivity index (χ0) is 21.0. The predicted molar refractivity (Wildman–Crippen MR) is 106 cm³/mol. The lowest BCUT2D eigenvalue weighted by Crippen LogP contribution is -2.45. The molecule has 1 aliphatic carbocycles. The van der Waals surface area contributed by atoms with E-state index >= 15 is 0 Å². The number of rotatable bonds is 4. The third kappa shape index (κ3) is 3.09. The van der Waals surface area contributed by atoms with Gasteiger partial charge in [0.1, 0.15) is 23.0 Å². The monoisotopic (exact) mass is 431 g/mol. The lowest BCUT2D eigenvalue weighted by atomic mass is 9.68. The van der Waals surface area contributed by atoms with E-state index in [-0.39, 0.29) is 5.92 Å². The normalized spacial score (nSPS) is 21.0. The molecule has 154 valence electrons. The minimum Gasteiger partial charge on any atom is -0.531 e. The Morgan fingerprint density at radius 3 is 2.70 bits per heavy atom. The first-order valence-corrected chi connectivity index (χ1v) is 10.8. The number of nitrogens with one attached hydrogen (secondary N) is 2. The minimum atomic E-state index is -4.34. The van der Waals surface area contributed by atoms with Gasteiger partial charge in [-0.25, -0.2) is 26.9 Å². The Hall–Kier alpha value is -2.76. The van der Waals surface area contributed by atoms with E-state index in [4.69, 9.17) is 4.65 Å². The summed E-state index contributed by atoms with van der Waals surface area (Å²) in [7, 11) is -5.47. The van der Waals surface area contributed by atoms with E-state index in [1.54, 1.807) is 12.2 Å². The molecule has 3 heterocycles. The van der Waals surface area contributed by atoms with Crippen molar-refractivity contribution in [2.24, 2.45) is 5.92 Å². The molecule has 11 heteroatoms. The van der Waals surface area contributed by atoms with E-state index in [0.717, 1.165) is 34.7 Å². The summed E-state index contributed by atoms with van der Waals surface area (Å²) >= 11 is 0. The molecule has 2 aliphatic rings. The molecule has 0 spiro atoms. The van der Waals surface area contributed by atoms with Gasteiger partial charge in [-0.05, 0) is 48.5 Å². The number of halogens is 2. The molecule has 3 N–H and O–H groups in total. The SMILES string of the molecule is O=S(=O)(N[C@H]1C[C@@H](C2=CB(O)Oc3cnc4[nH]ccc4c32)C1)c1c(F)cccc1F. The fourth-order valence-electron chi connectivity index (χ4n) is 4.10. The van der Waals surface area contributed by atoms with Crippen LogP contribution in [0.4, 0.5) is 8.78 Å². The Labute approximate surface area is 171 Å². The third-order valence-electron chi connectivity index (χ3n) is 5.50. The Morgan fingerprint density at radius 2 is 1.97 bits per heavy atom. The van der Waals surface area contributed by atoms with Crippen LogP contribution in [0, 0.1) is 17.6 Å². The summed E-state index contributed by atoms with van der Waals surface area (Å²) in [5.41, 5.74) is 2.31. The molecule has 2 aromatic heterocycles. The summed E-state index contributed by atoms with van der Waals surface area (Å²) in [4.78, 5) is 6.31. The Balaban J connectivity index is 1.38. The summed E-state index contributed by atoms with van der Waals surface area (Å²) in [5.74, 6) is -0.277. The topological polar surface area (TPSA) is 104 Å². The number of allylic oxidation sites excluding steroid dienone is 1. The summed E-state index contributed by atoms with van der Waals surface area (Å²) < 4.78 is 60.6. The number of H-pyrrole nitrogens is 1. The second-order valence-corrected chi connectivity index (χ2v) is 9.06. The highest BCUT2D eigenvalue weighted by Crippen LogP contribution is 2.46. The van der Waals surface area contributed by atoms with Crippen molar-refractivity contribution in [2.45, 2.75) is 23.8 Å². The van der Waals surface area contributed by atoms with Gasteiger partial charge in [0.15, 0.2) is 4.90 Å². The molecule has 5 rings (SSSR count). The fraction of sp³-hybridized carbons (Fsp3) is 0.211. The maximum atomic E-state index is 13.9. The van der Waals surface area contributed by atoms with Crippen LogP contribution in [0.5, 0.6) is 5.75 Å². The van der Waals surface area contributed by atoms with Gasteiger partial charge in [-0.15, -0.1) is 0 Å². The van der Waals surface area contributed by atoms with Crippen molar-refractivity contribution in [1.82, 2.24) is 14.7 Å². The van der Waals surface area contributed by atoms with Gasteiger partial charge in [0, 0.05) is 23.2 Å². The average molecular weight is 431 g/mol. The molecule has 1 saturated carbocycles. The quantitative estimate of drug-likeness (QED) is 0.551. The molecule has 1 fully saturated rings. The lowest BCUT2D eigenvalue weighted by molar-refractivity contribution is 0.308. The highest BCUT2D eigenvalue weighted by atomic mass is 32.2. The molecular weight excluding hydrogens is 415 g/mol. The van der Waals surface area contributed by atoms with Crippen LogP contribution >= 0.6 is 0 Å². The van der Waals surface area contributed by atoms with Crippen molar-refractivity contribution >= 4 is 33.7 Å². The van der Waals surface area contributed by atoms with Gasteiger partial charge in [0.25, 0.3) is 0 Å². The van der Waals surface area contributed by atoms with Gasteiger partial charge in [-0.1, -0.05) is 6.07 Å². The number of aromatic nitrogens is 2. The number of hydrogen-bond acceptors (Lipinski definition) is 5. The molecule has 30 heavy (non-hydrogen) atoms. The first kappa shape index (κ1) is 19.2. The molecule has 3 aromatic rings. The molecule has 0 unspecified atom stereocenters. The van der Waals surface area contributed by atoms with E-state index in [2.05, 4.69) is 14.7 Å². The summed E-state index contributed by atoms with van der Waals surface area (Å²) in [5, 5.41) is 10.9. The third-order valence-corrected chi connectivity index (χ3v) is 7.07. The van der Waals surface area contributed by atoms with Crippen molar-refractivity contribution in [2.75, 3.05) is 0 Å². The number of hydrogen-bond donors (Lipinski definition) is 3. The molecule has 0 radical (unpaired) electrons. The Bertz CT molecular complexity index is 1270. The zero-order valence-corrected chi connectivity index (χ0v) is 16.3. The van der Waals surface area contributed by atoms with Gasteiger partial charge in [0.05, 0.1) is 6.20 Å². The first-order chi connectivity index (χ1) is 14.3. The number of sulfonamides is 1. The molecule has 1 aliphatic heterocycles. The molecule has 0 amide bonds. The van der Waals surface area contributed by atoms with Crippen LogP contribution in [-0.2, 0) is 10.0 Å². The van der Waals surface area contributed by atoms with Crippen LogP contribution < -0.4 is 9.38 Å². The van der Waals surface area contributed by atoms with Crippen LogP contribution in [0.2, 0.25) is 0 Å². The largest absolute Gasteiger partial charge is 0.552 e. The zero-order valence-electron chi connectivity index (χ0n) is 15.5. The number of pyridine rings is 1. The van der Waals surface area contributed by atoms with E-state index < -0.39 is 39.7 Å². The van der Waals surface area contributed by atoms with E-state index in [0.29, 0.717) is 24.2 Å². The van der Waals surface area contributed by atoms with Crippen molar-refractivity contribution in [3.05, 3.63) is 59.8 Å². The van der Waals surface area contributed by atoms with E-state index in [1.807, 2.05) is 6.07 Å². The number of aromatic amines is 1. The second kappa shape index (κ2) is 6.90. The highest BCUT2D eigenvalue weighted by Gasteiger charge is 2.40. The first-order valence-electron chi connectivity index (χ1n) is 9.33. The van der Waals surface area contributed by atoms with Crippen LogP contribution in [0.25, 0.3) is 16.6 Å². The smallest absolute Gasteiger partial charge is 0.531 e. The number of nitrogens with zero attached hydrogens (tertiary/aromatic N) is 1. The average Bonchev–Trinajstić information content (AvgIpc) is 3.12. The van der Waals surface area contributed by atoms with Crippen molar-refractivity contribution in [1.29, 1.82) is 0 Å². The number of benzene rings is 1. The fourth-order valence-corrected chi connectivity index (χ4v) is 5.50. The lowest BCUT2D eigenvalue weighted by Gasteiger charge is -2.39. The van der Waals surface area contributed by atoms with Gasteiger partial charge in [0.2, 0.25) is 10.0 Å². The molecule has 1 aromatic carbocycles. The molecule has 0 saturated heterocycles. The molecule has 0 atom stereocenters. The van der Waals surface area contributed by atoms with Crippen molar-refractivity contribution in [3.8, 4) is 5.75 Å². The molecule has 7 nitrogen and oxygen atoms in total. The van der Waals surface area contributed by atoms with Crippen LogP contribution in [-0.4, -0.2) is 36.6 Å². The maximum absolute atomic E-state index is 13.9. The summed E-state index contributed by atoms with van der Waals surface area (Å²) in [6.45, 7) is 0. The van der Waals surface area contributed by atoms with E-state index in [1.165, 1.54) is 6.20 Å². The van der Waals surface area contributed by atoms with Crippen LogP contribution in [0.3, 0.4) is 0 Å². The Kier molecular flexibility index (Phi) is 4.42. The van der Waals surface area contributed by atoms with E-state index in [9.17, 15) is 22.2 Å². The van der Waals surface area contributed by atoms with Gasteiger partial charge in [-0.3, -0.25) is 0 Å². The van der Waals surface area contributed by atoms with Crippen molar-refractivity contribution in [3.63, 3.8) is 0 Å². The van der Waals surface area contributed by atoms with Gasteiger partial charge >= 0.3 is 7.12 Å². The van der Waals surface area contributed by atoms with Crippen LogP contribution in [0.1, 0.15) is 18.4 Å². The minimum absolute atomic E-state index is 0.0547. The molecular formula is C19H16BF2N3O4S. The Morgan fingerprint density at radius 1 is 1.23 bits per heavy atom.